The van der Waals surface area contributed by atoms with Crippen molar-refractivity contribution in [2.24, 2.45) is 5.41 Å². The molecule has 4 heteroatoms. The summed E-state index contributed by atoms with van der Waals surface area (Å²) in [6, 6.07) is 10.8. The lowest BCUT2D eigenvalue weighted by atomic mass is 9.63. The Kier molecular flexibility index (Phi) is 4.86. The molecule has 2 fully saturated rings. The summed E-state index contributed by atoms with van der Waals surface area (Å²) in [5.74, 6) is 0. The molecule has 24 heavy (non-hydrogen) atoms. The highest BCUT2D eigenvalue weighted by molar-refractivity contribution is 5.68. The third-order valence-corrected chi connectivity index (χ3v) is 5.10. The second kappa shape index (κ2) is 6.75. The lowest BCUT2D eigenvalue weighted by Gasteiger charge is -2.51. The fourth-order valence-corrected chi connectivity index (χ4v) is 4.07. The maximum absolute atomic E-state index is 12.2. The number of likely N-dealkylation sites (tertiary alicyclic amines) is 1. The molecule has 1 atom stereocenters. The molecule has 1 aliphatic heterocycles. The molecule has 4 nitrogen and oxygen atoms in total. The number of amides is 1. The minimum Gasteiger partial charge on any atom is -0.444 e. The Labute approximate surface area is 145 Å². The Balaban J connectivity index is 1.63. The number of piperidine rings is 1. The van der Waals surface area contributed by atoms with Crippen molar-refractivity contribution in [2.45, 2.75) is 64.6 Å². The first kappa shape index (κ1) is 17.3. The van der Waals surface area contributed by atoms with Gasteiger partial charge in [-0.15, -0.1) is 0 Å². The van der Waals surface area contributed by atoms with Gasteiger partial charge in [0.05, 0.1) is 0 Å². The summed E-state index contributed by atoms with van der Waals surface area (Å²) >= 11 is 0. The number of hydrogen-bond acceptors (Lipinski definition) is 3. The van der Waals surface area contributed by atoms with Crippen LogP contribution in [-0.4, -0.2) is 35.7 Å². The van der Waals surface area contributed by atoms with E-state index >= 15 is 0 Å². The van der Waals surface area contributed by atoms with Crippen molar-refractivity contribution in [1.82, 2.24) is 10.2 Å². The van der Waals surface area contributed by atoms with Crippen LogP contribution in [0.1, 0.15) is 52.0 Å². The van der Waals surface area contributed by atoms with Crippen molar-refractivity contribution in [1.29, 1.82) is 0 Å². The van der Waals surface area contributed by atoms with E-state index < -0.39 is 5.60 Å². The zero-order valence-electron chi connectivity index (χ0n) is 15.2. The van der Waals surface area contributed by atoms with Gasteiger partial charge in [0, 0.05) is 25.7 Å². The van der Waals surface area contributed by atoms with Gasteiger partial charge in [-0.05, 0) is 51.0 Å². The summed E-state index contributed by atoms with van der Waals surface area (Å²) in [4.78, 5) is 14.7. The van der Waals surface area contributed by atoms with Gasteiger partial charge in [-0.2, -0.15) is 0 Å². The fourth-order valence-electron chi connectivity index (χ4n) is 4.07. The normalized spacial score (nSPS) is 23.5. The summed E-state index contributed by atoms with van der Waals surface area (Å²) < 4.78 is 5.45. The molecule has 1 aliphatic carbocycles. The van der Waals surface area contributed by atoms with Crippen molar-refractivity contribution < 1.29 is 9.53 Å². The van der Waals surface area contributed by atoms with Crippen LogP contribution in [0.3, 0.4) is 0 Å². The Morgan fingerprint density at radius 1 is 1.29 bits per heavy atom. The van der Waals surface area contributed by atoms with Gasteiger partial charge in [0.1, 0.15) is 5.60 Å². The zero-order chi connectivity index (χ0) is 17.2. The van der Waals surface area contributed by atoms with Crippen molar-refractivity contribution in [3.63, 3.8) is 0 Å². The van der Waals surface area contributed by atoms with Gasteiger partial charge in [-0.25, -0.2) is 4.79 Å². The van der Waals surface area contributed by atoms with Crippen LogP contribution < -0.4 is 5.32 Å². The molecular weight excluding hydrogens is 300 g/mol. The first-order valence-electron chi connectivity index (χ1n) is 9.09. The van der Waals surface area contributed by atoms with Crippen molar-refractivity contribution >= 4 is 6.09 Å². The number of nitrogens with zero attached hydrogens (tertiary/aromatic N) is 1. The average molecular weight is 330 g/mol. The Morgan fingerprint density at radius 3 is 2.58 bits per heavy atom. The number of alkyl carbamates (subject to hydrolysis) is 1. The topological polar surface area (TPSA) is 41.6 Å². The third kappa shape index (κ3) is 4.50. The average Bonchev–Trinajstić information content (AvgIpc) is 2.44. The van der Waals surface area contributed by atoms with Crippen LogP contribution in [0.2, 0.25) is 0 Å². The minimum absolute atomic E-state index is 0.178. The lowest BCUT2D eigenvalue weighted by molar-refractivity contribution is -0.00637. The van der Waals surface area contributed by atoms with Crippen LogP contribution in [-0.2, 0) is 11.3 Å². The van der Waals surface area contributed by atoms with E-state index in [4.69, 9.17) is 4.74 Å². The lowest BCUT2D eigenvalue weighted by Crippen LogP contribution is -2.57. The molecule has 132 valence electrons. The van der Waals surface area contributed by atoms with Gasteiger partial charge < -0.3 is 10.1 Å². The first-order chi connectivity index (χ1) is 11.3. The van der Waals surface area contributed by atoms with Gasteiger partial charge in [0.15, 0.2) is 0 Å². The summed E-state index contributed by atoms with van der Waals surface area (Å²) in [6.07, 6.45) is 4.68. The number of hydrogen-bond donors (Lipinski definition) is 1. The Hall–Kier alpha value is -1.55. The first-order valence-corrected chi connectivity index (χ1v) is 9.09. The summed E-state index contributed by atoms with van der Waals surface area (Å²) in [6.45, 7) is 8.72. The molecule has 1 amide bonds. The van der Waals surface area contributed by atoms with E-state index in [0.717, 1.165) is 26.1 Å². The summed E-state index contributed by atoms with van der Waals surface area (Å²) in [7, 11) is 0. The van der Waals surface area contributed by atoms with E-state index in [1.165, 1.54) is 24.8 Å². The van der Waals surface area contributed by atoms with E-state index in [2.05, 4.69) is 40.5 Å². The molecule has 1 aromatic carbocycles. The number of carbonyl (C=O) groups is 1. The quantitative estimate of drug-likeness (QED) is 0.912. The molecule has 3 rings (SSSR count). The summed E-state index contributed by atoms with van der Waals surface area (Å²) in [5, 5.41) is 3.11. The standard InChI is InChI=1S/C20H30N2O2/c1-19(2,3)24-18(23)21-17-12-20(10-7-11-20)15-22(14-17)13-16-8-5-4-6-9-16/h4-6,8-9,17H,7,10-15H2,1-3H3,(H,21,23)/t17-/m0/s1. The van der Waals surface area contributed by atoms with Gasteiger partial charge in [-0.1, -0.05) is 36.8 Å². The van der Waals surface area contributed by atoms with Crippen LogP contribution in [0.4, 0.5) is 4.79 Å². The van der Waals surface area contributed by atoms with Gasteiger partial charge >= 0.3 is 6.09 Å². The van der Waals surface area contributed by atoms with Crippen molar-refractivity contribution in [3.05, 3.63) is 35.9 Å². The molecule has 0 radical (unpaired) electrons. The minimum atomic E-state index is -0.448. The number of nitrogens with one attached hydrogen (secondary N) is 1. The molecule has 1 heterocycles. The molecule has 1 saturated carbocycles. The molecule has 1 aromatic rings. The maximum atomic E-state index is 12.2. The van der Waals surface area contributed by atoms with Crippen molar-refractivity contribution in [3.8, 4) is 0 Å². The van der Waals surface area contributed by atoms with E-state index in [0.29, 0.717) is 5.41 Å². The SMILES string of the molecule is CC(C)(C)OC(=O)N[C@@H]1CN(Cc2ccccc2)CC2(CCC2)C1. The molecule has 1 saturated heterocycles. The second-order valence-corrected chi connectivity index (χ2v) is 8.56. The molecule has 2 aliphatic rings. The molecule has 1 spiro atoms. The van der Waals surface area contributed by atoms with Gasteiger partial charge in [0.2, 0.25) is 0 Å². The third-order valence-electron chi connectivity index (χ3n) is 5.10. The molecule has 0 aromatic heterocycles. The van der Waals surface area contributed by atoms with Crippen LogP contribution >= 0.6 is 0 Å². The molecular formula is C20H30N2O2. The highest BCUT2D eigenvalue weighted by Crippen LogP contribution is 2.47. The number of rotatable bonds is 3. The highest BCUT2D eigenvalue weighted by atomic mass is 16.6. The van der Waals surface area contributed by atoms with E-state index in [9.17, 15) is 4.79 Å². The Morgan fingerprint density at radius 2 is 2.00 bits per heavy atom. The van der Waals surface area contributed by atoms with Crippen molar-refractivity contribution in [2.75, 3.05) is 13.1 Å². The monoisotopic (exact) mass is 330 g/mol. The fraction of sp³-hybridized carbons (Fsp3) is 0.650. The summed E-state index contributed by atoms with van der Waals surface area (Å²) in [5.41, 5.74) is 1.29. The molecule has 0 bridgehead atoms. The zero-order valence-corrected chi connectivity index (χ0v) is 15.2. The predicted octanol–water partition coefficient (Wildman–Crippen LogP) is 3.96. The van der Waals surface area contributed by atoms with E-state index in [1.54, 1.807) is 0 Å². The van der Waals surface area contributed by atoms with E-state index in [-0.39, 0.29) is 12.1 Å². The van der Waals surface area contributed by atoms with Crippen LogP contribution in [0.15, 0.2) is 30.3 Å². The predicted molar refractivity (Wildman–Crippen MR) is 95.8 cm³/mol. The largest absolute Gasteiger partial charge is 0.444 e. The van der Waals surface area contributed by atoms with Crippen LogP contribution in [0.5, 0.6) is 0 Å². The van der Waals surface area contributed by atoms with E-state index in [1.807, 2.05) is 20.8 Å². The second-order valence-electron chi connectivity index (χ2n) is 8.56. The maximum Gasteiger partial charge on any atom is 0.407 e. The number of carbonyl (C=O) groups excluding carboxylic acids is 1. The number of ether oxygens (including phenoxy) is 1. The smallest absolute Gasteiger partial charge is 0.407 e. The van der Waals surface area contributed by atoms with Crippen LogP contribution in [0.25, 0.3) is 0 Å². The molecule has 1 N–H and O–H groups in total. The Bertz CT molecular complexity index is 561. The van der Waals surface area contributed by atoms with Gasteiger partial charge in [0.25, 0.3) is 0 Å². The van der Waals surface area contributed by atoms with Gasteiger partial charge in [-0.3, -0.25) is 4.90 Å². The van der Waals surface area contributed by atoms with Crippen LogP contribution in [0, 0.1) is 5.41 Å². The highest BCUT2D eigenvalue weighted by Gasteiger charge is 2.44. The number of benzene rings is 1. The molecule has 0 unspecified atom stereocenters.